The van der Waals surface area contributed by atoms with E-state index in [4.69, 9.17) is 21.1 Å². The minimum absolute atomic E-state index is 0.130. The molecule has 1 aliphatic rings. The fraction of sp³-hybridized carbons (Fsp3) is 0.250. The first-order valence-electron chi connectivity index (χ1n) is 8.31. The Bertz CT molecular complexity index is 773. The Morgan fingerprint density at radius 1 is 1.12 bits per heavy atom. The molecule has 3 rings (SSSR count). The van der Waals surface area contributed by atoms with E-state index >= 15 is 0 Å². The van der Waals surface area contributed by atoms with E-state index in [9.17, 15) is 4.79 Å². The maximum Gasteiger partial charge on any atom is 0.244 e. The molecule has 1 aliphatic heterocycles. The predicted octanol–water partition coefficient (Wildman–Crippen LogP) is 3.87. The third-order valence-corrected chi connectivity index (χ3v) is 4.04. The summed E-state index contributed by atoms with van der Waals surface area (Å²) in [4.78, 5) is 11.9. The molecule has 1 N–H and O–H groups in total. The van der Waals surface area contributed by atoms with Crippen LogP contribution in [0.4, 0.5) is 0 Å². The van der Waals surface area contributed by atoms with Crippen molar-refractivity contribution < 1.29 is 14.3 Å². The summed E-state index contributed by atoms with van der Waals surface area (Å²) < 4.78 is 11.2. The third kappa shape index (κ3) is 5.26. The van der Waals surface area contributed by atoms with Gasteiger partial charge in [0, 0.05) is 24.1 Å². The number of carbonyl (C=O) groups is 1. The molecule has 25 heavy (non-hydrogen) atoms. The number of fused-ring (bicyclic) bond motifs is 1. The predicted molar refractivity (Wildman–Crippen MR) is 99.2 cm³/mol. The van der Waals surface area contributed by atoms with Gasteiger partial charge in [-0.15, -0.1) is 0 Å². The molecule has 0 bridgehead atoms. The third-order valence-electron chi connectivity index (χ3n) is 3.80. The highest BCUT2D eigenvalue weighted by Crippen LogP contribution is 2.30. The Hall–Kier alpha value is -2.46. The summed E-state index contributed by atoms with van der Waals surface area (Å²) in [6.45, 7) is 1.87. The zero-order chi connectivity index (χ0) is 17.5. The van der Waals surface area contributed by atoms with E-state index in [1.807, 2.05) is 42.5 Å². The van der Waals surface area contributed by atoms with Gasteiger partial charge in [-0.05, 0) is 47.9 Å². The summed E-state index contributed by atoms with van der Waals surface area (Å²) in [6, 6.07) is 13.3. The zero-order valence-corrected chi connectivity index (χ0v) is 14.6. The average Bonchev–Trinajstić information content (AvgIpc) is 2.85. The summed E-state index contributed by atoms with van der Waals surface area (Å²) in [5.41, 5.74) is 1.99. The molecule has 1 amide bonds. The fourth-order valence-electron chi connectivity index (χ4n) is 2.54. The lowest BCUT2D eigenvalue weighted by Crippen LogP contribution is -2.23. The standard InChI is InChI=1S/C20H20ClNO3/c21-17-4-1-3-15(13-17)9-10-22-20(23)8-6-16-5-7-18-19(14-16)25-12-2-11-24-18/h1,3-8,13-14H,2,9-12H2,(H,22,23)/b8-6+. The van der Waals surface area contributed by atoms with Gasteiger partial charge in [-0.2, -0.15) is 0 Å². The van der Waals surface area contributed by atoms with Crippen molar-refractivity contribution in [2.75, 3.05) is 19.8 Å². The molecule has 2 aromatic rings. The average molecular weight is 358 g/mol. The molecule has 2 aromatic carbocycles. The smallest absolute Gasteiger partial charge is 0.244 e. The van der Waals surface area contributed by atoms with Gasteiger partial charge < -0.3 is 14.8 Å². The summed E-state index contributed by atoms with van der Waals surface area (Å²) >= 11 is 5.95. The van der Waals surface area contributed by atoms with Gasteiger partial charge >= 0.3 is 0 Å². The molecule has 0 atom stereocenters. The molecule has 0 fully saturated rings. The van der Waals surface area contributed by atoms with Crippen molar-refractivity contribution in [1.82, 2.24) is 5.32 Å². The van der Waals surface area contributed by atoms with Gasteiger partial charge in [0.25, 0.3) is 0 Å². The first kappa shape index (κ1) is 17.4. The van der Waals surface area contributed by atoms with Crippen LogP contribution in [0, 0.1) is 0 Å². The van der Waals surface area contributed by atoms with E-state index < -0.39 is 0 Å². The monoisotopic (exact) mass is 357 g/mol. The summed E-state index contributed by atoms with van der Waals surface area (Å²) in [5.74, 6) is 1.34. The van der Waals surface area contributed by atoms with Gasteiger partial charge in [-0.1, -0.05) is 29.8 Å². The molecule has 4 nitrogen and oxygen atoms in total. The van der Waals surface area contributed by atoms with Crippen LogP contribution in [0.25, 0.3) is 6.08 Å². The topological polar surface area (TPSA) is 47.6 Å². The molecule has 0 aliphatic carbocycles. The fourth-order valence-corrected chi connectivity index (χ4v) is 2.75. The number of hydrogen-bond acceptors (Lipinski definition) is 3. The van der Waals surface area contributed by atoms with E-state index in [-0.39, 0.29) is 5.91 Å². The molecule has 0 saturated carbocycles. The number of rotatable bonds is 5. The number of halogens is 1. The second-order valence-corrected chi connectivity index (χ2v) is 6.20. The zero-order valence-electron chi connectivity index (χ0n) is 13.8. The second kappa shape index (κ2) is 8.58. The summed E-state index contributed by atoms with van der Waals surface area (Å²) in [6.07, 6.45) is 4.90. The molecule has 1 heterocycles. The van der Waals surface area contributed by atoms with Crippen LogP contribution in [0.5, 0.6) is 11.5 Å². The van der Waals surface area contributed by atoms with Crippen molar-refractivity contribution >= 4 is 23.6 Å². The molecule has 0 unspecified atom stereocenters. The molecule has 0 radical (unpaired) electrons. The first-order chi connectivity index (χ1) is 12.2. The molecular formula is C20H20ClNO3. The Morgan fingerprint density at radius 2 is 1.96 bits per heavy atom. The minimum Gasteiger partial charge on any atom is -0.490 e. The van der Waals surface area contributed by atoms with Crippen molar-refractivity contribution in [3.05, 3.63) is 64.7 Å². The second-order valence-electron chi connectivity index (χ2n) is 5.76. The molecule has 0 saturated heterocycles. The van der Waals surface area contributed by atoms with Gasteiger partial charge in [-0.25, -0.2) is 0 Å². The highest BCUT2D eigenvalue weighted by molar-refractivity contribution is 6.30. The summed E-state index contributed by atoms with van der Waals surface area (Å²) in [7, 11) is 0. The normalized spacial score (nSPS) is 13.5. The number of carbonyl (C=O) groups excluding carboxylic acids is 1. The SMILES string of the molecule is O=C(/C=C/c1ccc2c(c1)OCCCO2)NCCc1cccc(Cl)c1. The highest BCUT2D eigenvalue weighted by atomic mass is 35.5. The highest BCUT2D eigenvalue weighted by Gasteiger charge is 2.09. The lowest BCUT2D eigenvalue weighted by Gasteiger charge is -2.07. The number of hydrogen-bond donors (Lipinski definition) is 1. The Labute approximate surface area is 152 Å². The molecule has 130 valence electrons. The Morgan fingerprint density at radius 3 is 2.80 bits per heavy atom. The number of amides is 1. The molecule has 0 aromatic heterocycles. The van der Waals surface area contributed by atoms with Crippen LogP contribution in [0.3, 0.4) is 0 Å². The minimum atomic E-state index is -0.130. The van der Waals surface area contributed by atoms with Gasteiger partial charge in [0.2, 0.25) is 5.91 Å². The van der Waals surface area contributed by atoms with Crippen molar-refractivity contribution in [2.24, 2.45) is 0 Å². The van der Waals surface area contributed by atoms with Crippen LogP contribution in [-0.2, 0) is 11.2 Å². The lowest BCUT2D eigenvalue weighted by molar-refractivity contribution is -0.116. The van der Waals surface area contributed by atoms with Crippen LogP contribution < -0.4 is 14.8 Å². The quantitative estimate of drug-likeness (QED) is 0.826. The number of benzene rings is 2. The van der Waals surface area contributed by atoms with E-state index in [2.05, 4.69) is 5.32 Å². The van der Waals surface area contributed by atoms with Crippen LogP contribution in [0.15, 0.2) is 48.5 Å². The van der Waals surface area contributed by atoms with Gasteiger partial charge in [0.15, 0.2) is 11.5 Å². The van der Waals surface area contributed by atoms with Crippen LogP contribution in [0.1, 0.15) is 17.5 Å². The van der Waals surface area contributed by atoms with E-state index in [1.54, 1.807) is 6.08 Å². The van der Waals surface area contributed by atoms with Crippen LogP contribution in [0.2, 0.25) is 5.02 Å². The van der Waals surface area contributed by atoms with Gasteiger partial charge in [-0.3, -0.25) is 4.79 Å². The number of nitrogens with one attached hydrogen (secondary N) is 1. The van der Waals surface area contributed by atoms with Crippen molar-refractivity contribution in [2.45, 2.75) is 12.8 Å². The molecular weight excluding hydrogens is 338 g/mol. The Kier molecular flexibility index (Phi) is 5.96. The van der Waals surface area contributed by atoms with Crippen LogP contribution >= 0.6 is 11.6 Å². The van der Waals surface area contributed by atoms with Crippen molar-refractivity contribution in [3.63, 3.8) is 0 Å². The van der Waals surface area contributed by atoms with Crippen molar-refractivity contribution in [1.29, 1.82) is 0 Å². The van der Waals surface area contributed by atoms with E-state index in [1.165, 1.54) is 6.08 Å². The van der Waals surface area contributed by atoms with E-state index in [0.717, 1.165) is 35.5 Å². The van der Waals surface area contributed by atoms with E-state index in [0.29, 0.717) is 24.8 Å². The maximum atomic E-state index is 11.9. The van der Waals surface area contributed by atoms with Gasteiger partial charge in [0.1, 0.15) is 0 Å². The maximum absolute atomic E-state index is 11.9. The molecule has 0 spiro atoms. The van der Waals surface area contributed by atoms with Crippen LogP contribution in [-0.4, -0.2) is 25.7 Å². The Balaban J connectivity index is 1.51. The number of ether oxygens (including phenoxy) is 2. The van der Waals surface area contributed by atoms with Gasteiger partial charge in [0.05, 0.1) is 13.2 Å². The lowest BCUT2D eigenvalue weighted by atomic mass is 10.1. The first-order valence-corrected chi connectivity index (χ1v) is 8.68. The molecule has 5 heteroatoms. The summed E-state index contributed by atoms with van der Waals surface area (Å²) in [5, 5.41) is 3.58. The largest absolute Gasteiger partial charge is 0.490 e. The van der Waals surface area contributed by atoms with Crippen molar-refractivity contribution in [3.8, 4) is 11.5 Å².